The van der Waals surface area contributed by atoms with Crippen molar-refractivity contribution in [1.29, 1.82) is 0 Å². The van der Waals surface area contributed by atoms with Crippen LogP contribution in [-0.2, 0) is 6.54 Å². The summed E-state index contributed by atoms with van der Waals surface area (Å²) in [5, 5.41) is 3.56. The number of nitrogens with zero attached hydrogens (tertiary/aromatic N) is 2. The second-order valence-corrected chi connectivity index (χ2v) is 4.90. The Balaban J connectivity index is 2.08. The molecular formula is C13H12ClN3OS. The number of nitrogens with one attached hydrogen (secondary N) is 1. The van der Waals surface area contributed by atoms with E-state index in [1.165, 1.54) is 18.0 Å². The highest BCUT2D eigenvalue weighted by molar-refractivity contribution is 7.98. The van der Waals surface area contributed by atoms with Gasteiger partial charge in [-0.15, -0.1) is 0 Å². The Morgan fingerprint density at radius 1 is 1.37 bits per heavy atom. The highest BCUT2D eigenvalue weighted by Gasteiger charge is 2.13. The number of rotatable bonds is 4. The predicted molar refractivity (Wildman–Crippen MR) is 76.4 cm³/mol. The van der Waals surface area contributed by atoms with Gasteiger partial charge in [-0.25, -0.2) is 9.97 Å². The third-order valence-electron chi connectivity index (χ3n) is 2.42. The van der Waals surface area contributed by atoms with Crippen LogP contribution in [-0.4, -0.2) is 22.1 Å². The first-order chi connectivity index (χ1) is 9.20. The summed E-state index contributed by atoms with van der Waals surface area (Å²) >= 11 is 7.30. The molecule has 0 unspecified atom stereocenters. The third-order valence-corrected chi connectivity index (χ3v) is 3.25. The smallest absolute Gasteiger partial charge is 0.271 e. The summed E-state index contributed by atoms with van der Waals surface area (Å²) in [5.74, 6) is -0.299. The molecule has 0 radical (unpaired) electrons. The fourth-order valence-corrected chi connectivity index (χ4v) is 1.99. The van der Waals surface area contributed by atoms with Gasteiger partial charge in [0.05, 0.1) is 11.2 Å². The van der Waals surface area contributed by atoms with Crippen molar-refractivity contribution in [3.63, 3.8) is 0 Å². The second kappa shape index (κ2) is 6.54. The van der Waals surface area contributed by atoms with Crippen LogP contribution in [0.15, 0.2) is 41.7 Å². The van der Waals surface area contributed by atoms with Crippen LogP contribution in [0.2, 0.25) is 5.02 Å². The molecule has 1 aromatic heterocycles. The Bertz CT molecular complexity index is 577. The number of amides is 1. The molecule has 0 atom stereocenters. The first-order valence-corrected chi connectivity index (χ1v) is 7.19. The maximum Gasteiger partial charge on any atom is 0.271 e. The van der Waals surface area contributed by atoms with Gasteiger partial charge in [-0.3, -0.25) is 4.79 Å². The van der Waals surface area contributed by atoms with Gasteiger partial charge in [0.15, 0.2) is 10.9 Å². The zero-order valence-corrected chi connectivity index (χ0v) is 11.8. The largest absolute Gasteiger partial charge is 0.347 e. The van der Waals surface area contributed by atoms with E-state index in [2.05, 4.69) is 15.3 Å². The van der Waals surface area contributed by atoms with Crippen molar-refractivity contribution in [3.8, 4) is 0 Å². The Hall–Kier alpha value is -1.59. The number of carbonyl (C=O) groups is 1. The molecule has 0 spiro atoms. The monoisotopic (exact) mass is 293 g/mol. The molecule has 0 saturated heterocycles. The summed E-state index contributed by atoms with van der Waals surface area (Å²) in [7, 11) is 0. The van der Waals surface area contributed by atoms with Crippen LogP contribution in [0.5, 0.6) is 0 Å². The second-order valence-electron chi connectivity index (χ2n) is 3.72. The van der Waals surface area contributed by atoms with Gasteiger partial charge in [-0.05, 0) is 11.8 Å². The van der Waals surface area contributed by atoms with E-state index >= 15 is 0 Å². The van der Waals surface area contributed by atoms with Crippen LogP contribution in [0, 0.1) is 0 Å². The van der Waals surface area contributed by atoms with E-state index in [0.29, 0.717) is 11.7 Å². The zero-order valence-electron chi connectivity index (χ0n) is 10.3. The van der Waals surface area contributed by atoms with Crippen LogP contribution >= 0.6 is 23.4 Å². The van der Waals surface area contributed by atoms with Crippen LogP contribution in [0.3, 0.4) is 0 Å². The number of carbonyl (C=O) groups excluding carboxylic acids is 1. The fourth-order valence-electron chi connectivity index (χ4n) is 1.47. The van der Waals surface area contributed by atoms with Gasteiger partial charge < -0.3 is 5.32 Å². The van der Waals surface area contributed by atoms with Crippen molar-refractivity contribution in [3.05, 3.63) is 52.8 Å². The molecule has 19 heavy (non-hydrogen) atoms. The summed E-state index contributed by atoms with van der Waals surface area (Å²) in [6, 6.07) is 9.65. The Labute approximate surface area is 120 Å². The maximum atomic E-state index is 12.0. The Morgan fingerprint density at radius 3 is 2.79 bits per heavy atom. The third kappa shape index (κ3) is 3.68. The average molecular weight is 294 g/mol. The van der Waals surface area contributed by atoms with Crippen molar-refractivity contribution < 1.29 is 4.79 Å². The summed E-state index contributed by atoms with van der Waals surface area (Å²) in [5.41, 5.74) is 1.23. The number of aromatic nitrogens is 2. The van der Waals surface area contributed by atoms with E-state index in [-0.39, 0.29) is 16.6 Å². The van der Waals surface area contributed by atoms with E-state index in [9.17, 15) is 4.79 Å². The minimum absolute atomic E-state index is 0.206. The molecule has 6 heteroatoms. The van der Waals surface area contributed by atoms with E-state index < -0.39 is 0 Å². The molecule has 1 amide bonds. The van der Waals surface area contributed by atoms with Crippen LogP contribution in [0.4, 0.5) is 0 Å². The first kappa shape index (κ1) is 13.8. The van der Waals surface area contributed by atoms with Crippen molar-refractivity contribution in [2.45, 2.75) is 11.7 Å². The quantitative estimate of drug-likeness (QED) is 0.696. The van der Waals surface area contributed by atoms with Crippen LogP contribution in [0.25, 0.3) is 0 Å². The topological polar surface area (TPSA) is 54.9 Å². The zero-order chi connectivity index (χ0) is 13.7. The van der Waals surface area contributed by atoms with Gasteiger partial charge in [0.2, 0.25) is 0 Å². The SMILES string of the molecule is CSc1ncc(Cl)c(C(=O)NCc2ccccc2)n1. The highest BCUT2D eigenvalue weighted by Crippen LogP contribution is 2.16. The molecule has 0 bridgehead atoms. The molecule has 0 aliphatic rings. The molecule has 2 aromatic rings. The van der Waals surface area contributed by atoms with E-state index in [4.69, 9.17) is 11.6 Å². The molecule has 1 aromatic carbocycles. The van der Waals surface area contributed by atoms with Crippen molar-refractivity contribution >= 4 is 29.3 Å². The summed E-state index contributed by atoms with van der Waals surface area (Å²) in [6.07, 6.45) is 3.28. The molecular weight excluding hydrogens is 282 g/mol. The molecule has 1 N–H and O–H groups in total. The van der Waals surface area contributed by atoms with Gasteiger partial charge in [0.1, 0.15) is 0 Å². The lowest BCUT2D eigenvalue weighted by Crippen LogP contribution is -2.24. The Kier molecular flexibility index (Phi) is 4.76. The number of hydrogen-bond acceptors (Lipinski definition) is 4. The summed E-state index contributed by atoms with van der Waals surface area (Å²) < 4.78 is 0. The molecule has 0 aliphatic carbocycles. The lowest BCUT2D eigenvalue weighted by Gasteiger charge is -2.06. The fraction of sp³-hybridized carbons (Fsp3) is 0.154. The van der Waals surface area contributed by atoms with Gasteiger partial charge in [0, 0.05) is 6.54 Å². The lowest BCUT2D eigenvalue weighted by molar-refractivity contribution is 0.0945. The van der Waals surface area contributed by atoms with Crippen molar-refractivity contribution in [1.82, 2.24) is 15.3 Å². The van der Waals surface area contributed by atoms with Crippen molar-refractivity contribution in [2.75, 3.05) is 6.26 Å². The predicted octanol–water partition coefficient (Wildman–Crippen LogP) is 2.78. The number of hydrogen-bond donors (Lipinski definition) is 1. The Morgan fingerprint density at radius 2 is 2.11 bits per heavy atom. The maximum absolute atomic E-state index is 12.0. The van der Waals surface area contributed by atoms with Crippen molar-refractivity contribution in [2.24, 2.45) is 0 Å². The number of thioether (sulfide) groups is 1. The van der Waals surface area contributed by atoms with E-state index in [0.717, 1.165) is 5.56 Å². The van der Waals surface area contributed by atoms with Gasteiger partial charge >= 0.3 is 0 Å². The highest BCUT2D eigenvalue weighted by atomic mass is 35.5. The van der Waals surface area contributed by atoms with Gasteiger partial charge in [-0.1, -0.05) is 53.7 Å². The van der Waals surface area contributed by atoms with Gasteiger partial charge in [-0.2, -0.15) is 0 Å². The molecule has 2 rings (SSSR count). The van der Waals surface area contributed by atoms with E-state index in [1.807, 2.05) is 36.6 Å². The number of benzene rings is 1. The summed E-state index contributed by atoms with van der Waals surface area (Å²) in [4.78, 5) is 20.1. The number of halogens is 1. The molecule has 1 heterocycles. The normalized spacial score (nSPS) is 10.2. The molecule has 0 aliphatic heterocycles. The lowest BCUT2D eigenvalue weighted by atomic mass is 10.2. The van der Waals surface area contributed by atoms with E-state index in [1.54, 1.807) is 0 Å². The molecule has 4 nitrogen and oxygen atoms in total. The standard InChI is InChI=1S/C13H12ClN3OS/c1-19-13-16-8-10(14)11(17-13)12(18)15-7-9-5-3-2-4-6-9/h2-6,8H,7H2,1H3,(H,15,18). The first-order valence-electron chi connectivity index (χ1n) is 5.59. The van der Waals surface area contributed by atoms with Gasteiger partial charge in [0.25, 0.3) is 5.91 Å². The molecule has 0 saturated carbocycles. The molecule has 0 fully saturated rings. The van der Waals surface area contributed by atoms with Crippen LogP contribution < -0.4 is 5.32 Å². The summed E-state index contributed by atoms with van der Waals surface area (Å²) in [6.45, 7) is 0.439. The van der Waals surface area contributed by atoms with Crippen LogP contribution in [0.1, 0.15) is 16.1 Å². The average Bonchev–Trinajstić information content (AvgIpc) is 2.46. The minimum Gasteiger partial charge on any atom is -0.347 e. The molecule has 98 valence electrons. The minimum atomic E-state index is -0.299.